The summed E-state index contributed by atoms with van der Waals surface area (Å²) in [6, 6.07) is 20.7. The van der Waals surface area contributed by atoms with Crippen LogP contribution in [0.3, 0.4) is 0 Å². The van der Waals surface area contributed by atoms with E-state index in [1.165, 1.54) is 15.4 Å². The van der Waals surface area contributed by atoms with Gasteiger partial charge in [0.25, 0.3) is 0 Å². The third-order valence-electron chi connectivity index (χ3n) is 3.41. The predicted octanol–water partition coefficient (Wildman–Crippen LogP) is 4.72. The number of rotatable bonds is 1. The van der Waals surface area contributed by atoms with Crippen LogP contribution in [0.2, 0.25) is 0 Å². The van der Waals surface area contributed by atoms with Gasteiger partial charge in [-0.25, -0.2) is 4.99 Å². The highest BCUT2D eigenvalue weighted by molar-refractivity contribution is 7.99. The molecular formula is C18H12N2S. The van der Waals surface area contributed by atoms with Crippen LogP contribution in [0.1, 0.15) is 11.1 Å². The fourth-order valence-electron chi connectivity index (χ4n) is 2.42. The minimum Gasteiger partial charge on any atom is -0.265 e. The number of benzene rings is 2. The molecule has 0 fully saturated rings. The van der Waals surface area contributed by atoms with Gasteiger partial charge in [-0.05, 0) is 30.3 Å². The van der Waals surface area contributed by atoms with Crippen molar-refractivity contribution in [1.29, 1.82) is 0 Å². The Bertz CT molecular complexity index is 825. The van der Waals surface area contributed by atoms with Crippen molar-refractivity contribution in [3.63, 3.8) is 0 Å². The maximum atomic E-state index is 4.92. The first-order valence-electron chi connectivity index (χ1n) is 6.77. The Balaban J connectivity index is 2.00. The second kappa shape index (κ2) is 5.19. The first-order chi connectivity index (χ1) is 10.4. The van der Waals surface area contributed by atoms with Crippen LogP contribution >= 0.6 is 11.8 Å². The van der Waals surface area contributed by atoms with E-state index in [2.05, 4.69) is 47.4 Å². The van der Waals surface area contributed by atoms with Gasteiger partial charge in [0.2, 0.25) is 0 Å². The van der Waals surface area contributed by atoms with Gasteiger partial charge in [0.05, 0.1) is 11.4 Å². The molecule has 0 saturated carbocycles. The molecule has 2 heterocycles. The van der Waals surface area contributed by atoms with Crippen molar-refractivity contribution < 1.29 is 0 Å². The summed E-state index contributed by atoms with van der Waals surface area (Å²) in [4.78, 5) is 11.4. The summed E-state index contributed by atoms with van der Waals surface area (Å²) < 4.78 is 0. The summed E-state index contributed by atoms with van der Waals surface area (Å²) in [5, 5.41) is 0. The number of pyridine rings is 1. The molecule has 0 unspecified atom stereocenters. The number of fused-ring (bicyclic) bond motifs is 2. The van der Waals surface area contributed by atoms with Crippen LogP contribution in [-0.4, -0.2) is 10.7 Å². The minimum atomic E-state index is 1.01. The monoisotopic (exact) mass is 288 g/mol. The summed E-state index contributed by atoms with van der Waals surface area (Å²) in [5.74, 6) is 0. The summed E-state index contributed by atoms with van der Waals surface area (Å²) in [5.41, 5.74) is 4.29. The zero-order valence-corrected chi connectivity index (χ0v) is 12.0. The Morgan fingerprint density at radius 3 is 2.29 bits per heavy atom. The zero-order chi connectivity index (χ0) is 14.1. The Hall–Kier alpha value is -2.39. The van der Waals surface area contributed by atoms with Crippen LogP contribution in [0, 0.1) is 0 Å². The Morgan fingerprint density at radius 2 is 1.43 bits per heavy atom. The standard InChI is InChI=1S/C18H12N2S/c1-3-7-16-14(5-1)18(13-9-11-19-12-10-13)20-15-6-2-4-8-17(15)21-16/h1-12H. The number of hydrogen-bond donors (Lipinski definition) is 0. The highest BCUT2D eigenvalue weighted by Gasteiger charge is 2.17. The van der Waals surface area contributed by atoms with Gasteiger partial charge in [-0.3, -0.25) is 4.98 Å². The normalized spacial score (nSPS) is 12.9. The van der Waals surface area contributed by atoms with Gasteiger partial charge >= 0.3 is 0 Å². The van der Waals surface area contributed by atoms with Crippen molar-refractivity contribution in [2.24, 2.45) is 4.99 Å². The van der Waals surface area contributed by atoms with Gasteiger partial charge in [-0.1, -0.05) is 42.1 Å². The van der Waals surface area contributed by atoms with Gasteiger partial charge in [0.1, 0.15) is 0 Å². The number of nitrogens with zero attached hydrogens (tertiary/aromatic N) is 2. The van der Waals surface area contributed by atoms with Gasteiger partial charge in [-0.2, -0.15) is 0 Å². The molecule has 0 spiro atoms. The lowest BCUT2D eigenvalue weighted by atomic mass is 10.0. The molecule has 0 N–H and O–H groups in total. The lowest BCUT2D eigenvalue weighted by Crippen LogP contribution is -2.03. The summed E-state index contributed by atoms with van der Waals surface area (Å²) in [6.07, 6.45) is 3.62. The predicted molar refractivity (Wildman–Crippen MR) is 86.5 cm³/mol. The lowest BCUT2D eigenvalue weighted by molar-refractivity contribution is 1.31. The van der Waals surface area contributed by atoms with E-state index < -0.39 is 0 Å². The SMILES string of the molecule is c1ccc2c(c1)N=C(c1ccncc1)c1ccccc1S2. The van der Waals surface area contributed by atoms with E-state index >= 15 is 0 Å². The summed E-state index contributed by atoms with van der Waals surface area (Å²) in [6.45, 7) is 0. The Labute approximate surface area is 127 Å². The Kier molecular flexibility index (Phi) is 3.05. The highest BCUT2D eigenvalue weighted by Crippen LogP contribution is 2.40. The second-order valence-electron chi connectivity index (χ2n) is 4.76. The first kappa shape index (κ1) is 12.4. The lowest BCUT2D eigenvalue weighted by Gasteiger charge is -2.08. The van der Waals surface area contributed by atoms with Crippen LogP contribution in [-0.2, 0) is 0 Å². The van der Waals surface area contributed by atoms with Crippen LogP contribution in [0.5, 0.6) is 0 Å². The van der Waals surface area contributed by atoms with Crippen molar-refractivity contribution >= 4 is 23.2 Å². The quantitative estimate of drug-likeness (QED) is 0.506. The van der Waals surface area contributed by atoms with Gasteiger partial charge in [-0.15, -0.1) is 0 Å². The van der Waals surface area contributed by atoms with Crippen molar-refractivity contribution in [3.05, 3.63) is 84.2 Å². The van der Waals surface area contributed by atoms with E-state index in [0.29, 0.717) is 0 Å². The van der Waals surface area contributed by atoms with Crippen LogP contribution in [0.4, 0.5) is 5.69 Å². The van der Waals surface area contributed by atoms with E-state index in [4.69, 9.17) is 4.99 Å². The number of aliphatic imine (C=N–C) groups is 1. The van der Waals surface area contributed by atoms with Crippen LogP contribution in [0.15, 0.2) is 87.8 Å². The van der Waals surface area contributed by atoms with Crippen LogP contribution in [0.25, 0.3) is 0 Å². The van der Waals surface area contributed by atoms with E-state index in [0.717, 1.165) is 17.0 Å². The third kappa shape index (κ3) is 2.26. The van der Waals surface area contributed by atoms with Crippen molar-refractivity contribution in [2.75, 3.05) is 0 Å². The first-order valence-corrected chi connectivity index (χ1v) is 7.59. The van der Waals surface area contributed by atoms with Crippen molar-refractivity contribution in [2.45, 2.75) is 9.79 Å². The molecule has 0 bridgehead atoms. The largest absolute Gasteiger partial charge is 0.265 e. The van der Waals surface area contributed by atoms with Crippen LogP contribution < -0.4 is 0 Å². The van der Waals surface area contributed by atoms with E-state index in [1.807, 2.05) is 30.6 Å². The number of para-hydroxylation sites is 1. The fraction of sp³-hybridized carbons (Fsp3) is 0. The van der Waals surface area contributed by atoms with Crippen molar-refractivity contribution in [3.8, 4) is 0 Å². The molecular weight excluding hydrogens is 276 g/mol. The van der Waals surface area contributed by atoms with E-state index in [-0.39, 0.29) is 0 Å². The molecule has 1 aliphatic rings. The van der Waals surface area contributed by atoms with E-state index in [9.17, 15) is 0 Å². The molecule has 3 heteroatoms. The minimum absolute atomic E-state index is 1.01. The van der Waals surface area contributed by atoms with Crippen molar-refractivity contribution in [1.82, 2.24) is 4.98 Å². The average molecular weight is 288 g/mol. The van der Waals surface area contributed by atoms with Gasteiger partial charge in [0, 0.05) is 33.3 Å². The molecule has 0 amide bonds. The number of hydrogen-bond acceptors (Lipinski definition) is 3. The Morgan fingerprint density at radius 1 is 0.714 bits per heavy atom. The average Bonchev–Trinajstić information content (AvgIpc) is 2.72. The maximum absolute atomic E-state index is 4.92. The summed E-state index contributed by atoms with van der Waals surface area (Å²) >= 11 is 1.77. The van der Waals surface area contributed by atoms with Gasteiger partial charge < -0.3 is 0 Å². The molecule has 2 aromatic carbocycles. The molecule has 100 valence electrons. The number of aromatic nitrogens is 1. The highest BCUT2D eigenvalue weighted by atomic mass is 32.2. The maximum Gasteiger partial charge on any atom is 0.0794 e. The zero-order valence-electron chi connectivity index (χ0n) is 11.2. The second-order valence-corrected chi connectivity index (χ2v) is 5.85. The molecule has 1 aliphatic heterocycles. The fourth-order valence-corrected chi connectivity index (χ4v) is 3.44. The third-order valence-corrected chi connectivity index (χ3v) is 4.55. The molecule has 0 radical (unpaired) electrons. The topological polar surface area (TPSA) is 25.2 Å². The van der Waals surface area contributed by atoms with E-state index in [1.54, 1.807) is 11.8 Å². The molecule has 0 aliphatic carbocycles. The van der Waals surface area contributed by atoms with Gasteiger partial charge in [0.15, 0.2) is 0 Å². The molecule has 3 aromatic rings. The smallest absolute Gasteiger partial charge is 0.0794 e. The molecule has 4 rings (SSSR count). The molecule has 0 saturated heterocycles. The summed E-state index contributed by atoms with van der Waals surface area (Å²) in [7, 11) is 0. The molecule has 1 aromatic heterocycles. The molecule has 2 nitrogen and oxygen atoms in total. The molecule has 0 atom stereocenters. The molecule has 21 heavy (non-hydrogen) atoms.